The molecule has 0 aliphatic heterocycles. The van der Waals surface area contributed by atoms with Crippen LogP contribution in [0, 0.1) is 0 Å². The van der Waals surface area contributed by atoms with Gasteiger partial charge >= 0.3 is 0 Å². The third-order valence-electron chi connectivity index (χ3n) is 3.19. The Morgan fingerprint density at radius 3 is 2.82 bits per heavy atom. The number of benzene rings is 1. The first kappa shape index (κ1) is 10.1. The molecule has 0 unspecified atom stereocenters. The molecule has 1 aromatic heterocycles. The van der Waals surface area contributed by atoms with Crippen molar-refractivity contribution in [2.24, 2.45) is 0 Å². The lowest BCUT2D eigenvalue weighted by Gasteiger charge is -2.20. The number of hydrogen-bond donors (Lipinski definition) is 2. The SMILES string of the molecule is Nc1cc(-c2nc(C3CCC3)no2)ccc1O. The average molecular weight is 231 g/mol. The lowest BCUT2D eigenvalue weighted by Crippen LogP contribution is -2.10. The zero-order chi connectivity index (χ0) is 11.8. The first-order chi connectivity index (χ1) is 8.24. The Kier molecular flexibility index (Phi) is 2.24. The third kappa shape index (κ3) is 1.73. The normalized spacial score (nSPS) is 15.8. The highest BCUT2D eigenvalue weighted by atomic mass is 16.5. The summed E-state index contributed by atoms with van der Waals surface area (Å²) in [6.07, 6.45) is 3.51. The maximum absolute atomic E-state index is 9.34. The van der Waals surface area contributed by atoms with Crippen molar-refractivity contribution in [3.05, 3.63) is 24.0 Å². The van der Waals surface area contributed by atoms with Crippen molar-refractivity contribution < 1.29 is 9.63 Å². The van der Waals surface area contributed by atoms with E-state index in [-0.39, 0.29) is 5.75 Å². The number of hydrogen-bond acceptors (Lipinski definition) is 5. The molecule has 17 heavy (non-hydrogen) atoms. The Labute approximate surface area is 98.3 Å². The molecule has 0 spiro atoms. The van der Waals surface area contributed by atoms with Crippen molar-refractivity contribution in [3.63, 3.8) is 0 Å². The molecule has 0 radical (unpaired) electrons. The smallest absolute Gasteiger partial charge is 0.258 e. The summed E-state index contributed by atoms with van der Waals surface area (Å²) in [6.45, 7) is 0. The van der Waals surface area contributed by atoms with E-state index in [9.17, 15) is 5.11 Å². The molecule has 5 heteroatoms. The van der Waals surface area contributed by atoms with Gasteiger partial charge in [-0.3, -0.25) is 0 Å². The van der Waals surface area contributed by atoms with E-state index < -0.39 is 0 Å². The molecule has 1 saturated carbocycles. The van der Waals surface area contributed by atoms with Gasteiger partial charge in [0.1, 0.15) is 5.75 Å². The van der Waals surface area contributed by atoms with Crippen molar-refractivity contribution in [2.45, 2.75) is 25.2 Å². The van der Waals surface area contributed by atoms with Crippen molar-refractivity contribution in [2.75, 3.05) is 5.73 Å². The van der Waals surface area contributed by atoms with E-state index in [4.69, 9.17) is 10.3 Å². The van der Waals surface area contributed by atoms with Gasteiger partial charge in [0.25, 0.3) is 5.89 Å². The second-order valence-corrected chi connectivity index (χ2v) is 4.36. The molecule has 0 amide bonds. The highest BCUT2D eigenvalue weighted by molar-refractivity contribution is 5.64. The largest absolute Gasteiger partial charge is 0.506 e. The summed E-state index contributed by atoms with van der Waals surface area (Å²) in [7, 11) is 0. The first-order valence-corrected chi connectivity index (χ1v) is 5.66. The van der Waals surface area contributed by atoms with Crippen LogP contribution in [0.3, 0.4) is 0 Å². The van der Waals surface area contributed by atoms with E-state index >= 15 is 0 Å². The topological polar surface area (TPSA) is 85.2 Å². The number of nitrogens with zero attached hydrogens (tertiary/aromatic N) is 2. The molecule has 1 heterocycles. The molecule has 5 nitrogen and oxygen atoms in total. The first-order valence-electron chi connectivity index (χ1n) is 5.66. The molecule has 2 aromatic rings. The van der Waals surface area contributed by atoms with Crippen LogP contribution in [-0.2, 0) is 0 Å². The van der Waals surface area contributed by atoms with Crippen LogP contribution in [0.5, 0.6) is 5.75 Å². The molecule has 3 rings (SSSR count). The third-order valence-corrected chi connectivity index (χ3v) is 3.19. The summed E-state index contributed by atoms with van der Waals surface area (Å²) in [4.78, 5) is 4.36. The van der Waals surface area contributed by atoms with Gasteiger partial charge in [-0.25, -0.2) is 0 Å². The molecule has 0 saturated heterocycles. The van der Waals surface area contributed by atoms with Gasteiger partial charge in [0.05, 0.1) is 5.69 Å². The van der Waals surface area contributed by atoms with Crippen LogP contribution in [0.2, 0.25) is 0 Å². The van der Waals surface area contributed by atoms with Gasteiger partial charge in [0.15, 0.2) is 5.82 Å². The van der Waals surface area contributed by atoms with Crippen molar-refractivity contribution in [1.29, 1.82) is 0 Å². The van der Waals surface area contributed by atoms with Gasteiger partial charge in [0, 0.05) is 11.5 Å². The molecule has 88 valence electrons. The van der Waals surface area contributed by atoms with E-state index in [0.29, 0.717) is 17.5 Å². The molecule has 1 fully saturated rings. The van der Waals surface area contributed by atoms with Gasteiger partial charge in [-0.05, 0) is 31.0 Å². The van der Waals surface area contributed by atoms with Crippen LogP contribution in [0.15, 0.2) is 22.7 Å². The predicted octanol–water partition coefficient (Wildman–Crippen LogP) is 2.29. The monoisotopic (exact) mass is 231 g/mol. The zero-order valence-electron chi connectivity index (χ0n) is 9.26. The maximum Gasteiger partial charge on any atom is 0.258 e. The summed E-state index contributed by atoms with van der Waals surface area (Å²) < 4.78 is 5.20. The Hall–Kier alpha value is -2.04. The number of rotatable bonds is 2. The van der Waals surface area contributed by atoms with E-state index in [0.717, 1.165) is 24.2 Å². The number of aromatic hydroxyl groups is 1. The molecule has 1 aliphatic rings. The molecule has 3 N–H and O–H groups in total. The average Bonchev–Trinajstić information content (AvgIpc) is 2.69. The fourth-order valence-corrected chi connectivity index (χ4v) is 1.87. The Balaban J connectivity index is 1.92. The van der Waals surface area contributed by atoms with Crippen LogP contribution in [0.1, 0.15) is 31.0 Å². The summed E-state index contributed by atoms with van der Waals surface area (Å²) >= 11 is 0. The van der Waals surface area contributed by atoms with Crippen LogP contribution < -0.4 is 5.73 Å². The lowest BCUT2D eigenvalue weighted by molar-refractivity contribution is 0.366. The van der Waals surface area contributed by atoms with Gasteiger partial charge in [-0.15, -0.1) is 0 Å². The minimum Gasteiger partial charge on any atom is -0.506 e. The van der Waals surface area contributed by atoms with Crippen LogP contribution in [0.4, 0.5) is 5.69 Å². The Morgan fingerprint density at radius 2 is 2.18 bits per heavy atom. The van der Waals surface area contributed by atoms with E-state index in [1.165, 1.54) is 12.5 Å². The summed E-state index contributed by atoms with van der Waals surface area (Å²) in [5, 5.41) is 13.3. The van der Waals surface area contributed by atoms with Gasteiger partial charge < -0.3 is 15.4 Å². The van der Waals surface area contributed by atoms with Gasteiger partial charge in [0.2, 0.25) is 0 Å². The Morgan fingerprint density at radius 1 is 1.35 bits per heavy atom. The molecule has 0 bridgehead atoms. The number of nitrogen functional groups attached to an aromatic ring is 1. The highest BCUT2D eigenvalue weighted by Crippen LogP contribution is 2.35. The molecule has 0 atom stereocenters. The zero-order valence-corrected chi connectivity index (χ0v) is 9.26. The number of phenolic OH excluding ortho intramolecular Hbond substituents is 1. The number of nitrogens with two attached hydrogens (primary N) is 1. The van der Waals surface area contributed by atoms with E-state index in [1.54, 1.807) is 12.1 Å². The predicted molar refractivity (Wildman–Crippen MR) is 62.4 cm³/mol. The van der Waals surface area contributed by atoms with Crippen molar-refractivity contribution >= 4 is 5.69 Å². The fourth-order valence-electron chi connectivity index (χ4n) is 1.87. The summed E-state index contributed by atoms with van der Waals surface area (Å²) in [6, 6.07) is 4.87. The summed E-state index contributed by atoms with van der Waals surface area (Å²) in [5.74, 6) is 1.74. The summed E-state index contributed by atoms with van der Waals surface area (Å²) in [5.41, 5.74) is 6.67. The molecule has 1 aromatic carbocycles. The highest BCUT2D eigenvalue weighted by Gasteiger charge is 2.24. The number of anilines is 1. The van der Waals surface area contributed by atoms with Crippen LogP contribution >= 0.6 is 0 Å². The van der Waals surface area contributed by atoms with Crippen LogP contribution in [0.25, 0.3) is 11.5 Å². The number of aromatic nitrogens is 2. The minimum absolute atomic E-state index is 0.0625. The van der Waals surface area contributed by atoms with Crippen molar-refractivity contribution in [3.8, 4) is 17.2 Å². The van der Waals surface area contributed by atoms with Gasteiger partial charge in [-0.1, -0.05) is 11.6 Å². The molecular weight excluding hydrogens is 218 g/mol. The quantitative estimate of drug-likeness (QED) is 0.611. The standard InChI is InChI=1S/C12H13N3O2/c13-9-6-8(4-5-10(9)16)12-14-11(15-17-12)7-2-1-3-7/h4-7,16H,1-3,13H2. The minimum atomic E-state index is 0.0625. The van der Waals surface area contributed by atoms with Crippen molar-refractivity contribution in [1.82, 2.24) is 10.1 Å². The molecule has 1 aliphatic carbocycles. The van der Waals surface area contributed by atoms with Crippen LogP contribution in [-0.4, -0.2) is 15.2 Å². The second-order valence-electron chi connectivity index (χ2n) is 4.36. The van der Waals surface area contributed by atoms with Gasteiger partial charge in [-0.2, -0.15) is 4.98 Å². The lowest BCUT2D eigenvalue weighted by atomic mass is 9.85. The maximum atomic E-state index is 9.34. The van der Waals surface area contributed by atoms with E-state index in [1.807, 2.05) is 0 Å². The molecular formula is C12H13N3O2. The van der Waals surface area contributed by atoms with E-state index in [2.05, 4.69) is 10.1 Å². The fraction of sp³-hybridized carbons (Fsp3) is 0.333. The second kappa shape index (κ2) is 3.76. The number of phenols is 1. The Bertz CT molecular complexity index is 546.